The zero-order valence-electron chi connectivity index (χ0n) is 9.69. The normalized spacial score (nSPS) is 8.77. The van der Waals surface area contributed by atoms with Gasteiger partial charge in [0.15, 0.2) is 17.4 Å². The molecule has 0 aliphatic carbocycles. The highest BCUT2D eigenvalue weighted by atomic mass is 27.0. The van der Waals surface area contributed by atoms with Gasteiger partial charge in [0, 0.05) is 0 Å². The first kappa shape index (κ1) is 19.1. The van der Waals surface area contributed by atoms with Gasteiger partial charge >= 0.3 is 0 Å². The summed E-state index contributed by atoms with van der Waals surface area (Å²) in [7, 11) is 6.00. The molecule has 0 spiro atoms. The topological polar surface area (TPSA) is 3.24 Å². The van der Waals surface area contributed by atoms with E-state index in [1.54, 1.807) is 0 Å². The van der Waals surface area contributed by atoms with Crippen molar-refractivity contribution in [2.45, 2.75) is 52.4 Å². The van der Waals surface area contributed by atoms with Gasteiger partial charge in [0.1, 0.15) is 0 Å². The highest BCUT2D eigenvalue weighted by Crippen LogP contribution is 2.03. The van der Waals surface area contributed by atoms with E-state index in [0.717, 1.165) is 0 Å². The quantitative estimate of drug-likeness (QED) is 0.490. The predicted molar refractivity (Wildman–Crippen MR) is 68.6 cm³/mol. The smallest absolute Gasteiger partial charge is 0.187 e. The summed E-state index contributed by atoms with van der Waals surface area (Å²) in [5.41, 5.74) is 0. The van der Waals surface area contributed by atoms with E-state index >= 15 is 0 Å². The van der Waals surface area contributed by atoms with Crippen molar-refractivity contribution in [1.29, 1.82) is 0 Å². The molecule has 13 heavy (non-hydrogen) atoms. The highest BCUT2D eigenvalue weighted by molar-refractivity contribution is 5.75. The maximum Gasteiger partial charge on any atom is 0.187 e. The van der Waals surface area contributed by atoms with E-state index in [1.807, 2.05) is 26.0 Å². The van der Waals surface area contributed by atoms with Gasteiger partial charge in [0.25, 0.3) is 0 Å². The molecule has 0 saturated heterocycles. The first-order valence-electron chi connectivity index (χ1n) is 5.26. The van der Waals surface area contributed by atoms with Crippen molar-refractivity contribution >= 4 is 17.4 Å². The molecule has 0 N–H and O–H groups in total. The highest BCUT2D eigenvalue weighted by Gasteiger charge is 1.83. The molecule has 0 saturated carbocycles. The minimum Gasteiger partial charge on any atom is -0.312 e. The van der Waals surface area contributed by atoms with Crippen molar-refractivity contribution in [3.05, 3.63) is 0 Å². The van der Waals surface area contributed by atoms with E-state index < -0.39 is 0 Å². The van der Waals surface area contributed by atoms with Gasteiger partial charge in [-0.1, -0.05) is 52.4 Å². The van der Waals surface area contributed by atoms with Crippen LogP contribution in [0.2, 0.25) is 0 Å². The molecule has 0 aliphatic rings. The molecule has 2 heteroatoms. The third kappa shape index (κ3) is 45.6. The van der Waals surface area contributed by atoms with Crippen molar-refractivity contribution in [3.63, 3.8) is 0 Å². The second kappa shape index (κ2) is 18.3. The maximum atomic E-state index is 2.26. The number of hydrogen-bond donors (Lipinski definition) is 0. The summed E-state index contributed by atoms with van der Waals surface area (Å²) in [4.78, 5) is 2.00. The molecule has 0 fully saturated rings. The minimum atomic E-state index is 0. The standard InChI is InChI=1S/C8H18.C3H9N.Al.3H/c1-3-5-7-8-6-4-2;1-4(2)3;;;;/h3-8H2,1-2H3;1-3H3;;;;. The van der Waals surface area contributed by atoms with Gasteiger partial charge in [-0.15, -0.1) is 0 Å². The van der Waals surface area contributed by atoms with Crippen molar-refractivity contribution in [3.8, 4) is 0 Å². The van der Waals surface area contributed by atoms with Gasteiger partial charge in [0.2, 0.25) is 0 Å². The van der Waals surface area contributed by atoms with Gasteiger partial charge in [0.05, 0.1) is 0 Å². The Morgan fingerprint density at radius 1 is 0.692 bits per heavy atom. The van der Waals surface area contributed by atoms with Gasteiger partial charge in [-0.05, 0) is 21.1 Å². The summed E-state index contributed by atoms with van der Waals surface area (Å²) >= 11 is 0. The maximum absolute atomic E-state index is 2.26. The van der Waals surface area contributed by atoms with Gasteiger partial charge in [-0.3, -0.25) is 0 Å². The van der Waals surface area contributed by atoms with E-state index in [4.69, 9.17) is 0 Å². The van der Waals surface area contributed by atoms with Crippen molar-refractivity contribution < 1.29 is 0 Å². The summed E-state index contributed by atoms with van der Waals surface area (Å²) in [6.45, 7) is 4.51. The van der Waals surface area contributed by atoms with Gasteiger partial charge in [-0.2, -0.15) is 0 Å². The molecular weight excluding hydrogens is 173 g/mol. The van der Waals surface area contributed by atoms with Crippen LogP contribution in [-0.4, -0.2) is 43.4 Å². The van der Waals surface area contributed by atoms with E-state index in [0.29, 0.717) is 0 Å². The van der Waals surface area contributed by atoms with Gasteiger partial charge < -0.3 is 4.90 Å². The number of unbranched alkanes of at least 4 members (excludes halogenated alkanes) is 5. The second-order valence-electron chi connectivity index (χ2n) is 3.76. The van der Waals surface area contributed by atoms with Crippen LogP contribution in [0.1, 0.15) is 52.4 Å². The average molecular weight is 203 g/mol. The molecule has 0 radical (unpaired) electrons. The molecule has 0 amide bonds. The molecule has 0 bridgehead atoms. The third-order valence-corrected chi connectivity index (χ3v) is 1.46. The van der Waals surface area contributed by atoms with Crippen LogP contribution in [0, 0.1) is 0 Å². The number of nitrogens with zero attached hydrogens (tertiary/aromatic N) is 1. The zero-order chi connectivity index (χ0) is 9.82. The molecule has 1 nitrogen and oxygen atoms in total. The zero-order valence-corrected chi connectivity index (χ0v) is 9.69. The molecule has 0 aromatic carbocycles. The summed E-state index contributed by atoms with van der Waals surface area (Å²) in [5, 5.41) is 0. The fraction of sp³-hybridized carbons (Fsp3) is 1.00. The molecule has 0 aliphatic heterocycles. The Morgan fingerprint density at radius 2 is 0.923 bits per heavy atom. The van der Waals surface area contributed by atoms with E-state index in [9.17, 15) is 0 Å². The first-order chi connectivity index (χ1) is 5.65. The lowest BCUT2D eigenvalue weighted by Gasteiger charge is -1.93. The van der Waals surface area contributed by atoms with Crippen LogP contribution in [0.15, 0.2) is 0 Å². The summed E-state index contributed by atoms with van der Waals surface area (Å²) in [5.74, 6) is 0. The fourth-order valence-corrected chi connectivity index (χ4v) is 0.854. The Balaban J connectivity index is -0.000000173. The SMILES string of the molecule is CCCCCCCC.CN(C)C.[AlH3]. The second-order valence-corrected chi connectivity index (χ2v) is 3.76. The van der Waals surface area contributed by atoms with Crippen LogP contribution < -0.4 is 0 Å². The Labute approximate surface area is 96.0 Å². The predicted octanol–water partition coefficient (Wildman–Crippen LogP) is 2.36. The van der Waals surface area contributed by atoms with Crippen molar-refractivity contribution in [2.24, 2.45) is 0 Å². The monoisotopic (exact) mass is 203 g/mol. The molecule has 0 unspecified atom stereocenters. The molecule has 0 heterocycles. The van der Waals surface area contributed by atoms with Crippen LogP contribution in [0.3, 0.4) is 0 Å². The lowest BCUT2D eigenvalue weighted by molar-refractivity contribution is 0.505. The largest absolute Gasteiger partial charge is 0.312 e. The molecule has 0 rings (SSSR count). The van der Waals surface area contributed by atoms with E-state index in [1.165, 1.54) is 38.5 Å². The van der Waals surface area contributed by atoms with E-state index in [-0.39, 0.29) is 17.4 Å². The molecular formula is C11H30AlN. The molecule has 82 valence electrons. The summed E-state index contributed by atoms with van der Waals surface area (Å²) < 4.78 is 0. The van der Waals surface area contributed by atoms with Crippen LogP contribution >= 0.6 is 0 Å². The lowest BCUT2D eigenvalue weighted by Crippen LogP contribution is -1.99. The molecule has 0 aromatic rings. The fourth-order valence-electron chi connectivity index (χ4n) is 0.854. The Hall–Kier alpha value is 0.492. The first-order valence-corrected chi connectivity index (χ1v) is 5.26. The Bertz CT molecular complexity index is 56.4. The average Bonchev–Trinajstić information content (AvgIpc) is 1.97. The van der Waals surface area contributed by atoms with Crippen LogP contribution in [0.25, 0.3) is 0 Å². The van der Waals surface area contributed by atoms with E-state index in [2.05, 4.69) is 13.8 Å². The van der Waals surface area contributed by atoms with Crippen molar-refractivity contribution in [1.82, 2.24) is 4.90 Å². The minimum absolute atomic E-state index is 0. The van der Waals surface area contributed by atoms with Gasteiger partial charge in [-0.25, -0.2) is 0 Å². The summed E-state index contributed by atoms with van der Waals surface area (Å²) in [6.07, 6.45) is 8.49. The number of hydrogen-bond acceptors (Lipinski definition) is 1. The third-order valence-electron chi connectivity index (χ3n) is 1.46. The summed E-state index contributed by atoms with van der Waals surface area (Å²) in [6, 6.07) is 0. The van der Waals surface area contributed by atoms with Crippen LogP contribution in [0.4, 0.5) is 0 Å². The van der Waals surface area contributed by atoms with Crippen LogP contribution in [0.5, 0.6) is 0 Å². The Morgan fingerprint density at radius 3 is 1.08 bits per heavy atom. The lowest BCUT2D eigenvalue weighted by atomic mass is 10.1. The molecule has 0 atom stereocenters. The Kier molecular flexibility index (Phi) is 26.9. The van der Waals surface area contributed by atoms with Crippen molar-refractivity contribution in [2.75, 3.05) is 21.1 Å². The molecule has 0 aromatic heterocycles. The number of rotatable bonds is 5. The van der Waals surface area contributed by atoms with Crippen LogP contribution in [-0.2, 0) is 0 Å².